The summed E-state index contributed by atoms with van der Waals surface area (Å²) in [5, 5.41) is 9.20. The van der Waals surface area contributed by atoms with Crippen LogP contribution in [0.2, 0.25) is 0 Å². The SMILES string of the molecule is O=C1CCCCN1CC(O)CCl. The molecule has 1 amide bonds. The summed E-state index contributed by atoms with van der Waals surface area (Å²) in [5.74, 6) is 0.342. The fourth-order valence-electron chi connectivity index (χ4n) is 1.36. The van der Waals surface area contributed by atoms with Crippen LogP contribution in [0.4, 0.5) is 0 Å². The van der Waals surface area contributed by atoms with E-state index in [2.05, 4.69) is 0 Å². The van der Waals surface area contributed by atoms with E-state index < -0.39 is 6.10 Å². The van der Waals surface area contributed by atoms with Crippen LogP contribution in [0.3, 0.4) is 0 Å². The molecule has 0 aromatic heterocycles. The first kappa shape index (κ1) is 9.81. The average Bonchev–Trinajstić information content (AvgIpc) is 2.09. The Morgan fingerprint density at radius 3 is 2.92 bits per heavy atom. The van der Waals surface area contributed by atoms with Crippen LogP contribution in [0.15, 0.2) is 0 Å². The van der Waals surface area contributed by atoms with Gasteiger partial charge in [0.25, 0.3) is 0 Å². The predicted octanol–water partition coefficient (Wildman–Crippen LogP) is 0.599. The molecule has 0 aromatic rings. The topological polar surface area (TPSA) is 40.5 Å². The maximum absolute atomic E-state index is 11.2. The number of piperidine rings is 1. The van der Waals surface area contributed by atoms with Crippen LogP contribution < -0.4 is 0 Å². The summed E-state index contributed by atoms with van der Waals surface area (Å²) in [6.07, 6.45) is 2.07. The van der Waals surface area contributed by atoms with E-state index in [1.165, 1.54) is 0 Å². The Kier molecular flexibility index (Phi) is 3.82. The quantitative estimate of drug-likeness (QED) is 0.664. The van der Waals surface area contributed by atoms with Crippen LogP contribution >= 0.6 is 11.6 Å². The fourth-order valence-corrected chi connectivity index (χ4v) is 1.46. The number of halogens is 1. The zero-order valence-corrected chi connectivity index (χ0v) is 7.76. The van der Waals surface area contributed by atoms with E-state index in [-0.39, 0.29) is 11.8 Å². The minimum Gasteiger partial charge on any atom is -0.390 e. The molecule has 1 saturated heterocycles. The second-order valence-electron chi connectivity index (χ2n) is 3.10. The molecule has 1 aliphatic heterocycles. The highest BCUT2D eigenvalue weighted by Gasteiger charge is 2.19. The Bertz CT molecular complexity index is 163. The fraction of sp³-hybridized carbons (Fsp3) is 0.875. The number of aliphatic hydroxyl groups is 1. The van der Waals surface area contributed by atoms with Gasteiger partial charge in [0.15, 0.2) is 0 Å². The Hall–Kier alpha value is -0.280. The number of carbonyl (C=O) groups excluding carboxylic acids is 1. The van der Waals surface area contributed by atoms with E-state index in [9.17, 15) is 9.90 Å². The normalized spacial score (nSPS) is 21.2. The van der Waals surface area contributed by atoms with Crippen molar-refractivity contribution in [1.29, 1.82) is 0 Å². The third-order valence-electron chi connectivity index (χ3n) is 2.03. The van der Waals surface area contributed by atoms with Gasteiger partial charge in [-0.2, -0.15) is 0 Å². The minimum absolute atomic E-state index is 0.144. The number of hydrogen-bond donors (Lipinski definition) is 1. The van der Waals surface area contributed by atoms with E-state index in [0.29, 0.717) is 13.0 Å². The van der Waals surface area contributed by atoms with E-state index in [0.717, 1.165) is 19.4 Å². The van der Waals surface area contributed by atoms with Crippen molar-refractivity contribution >= 4 is 17.5 Å². The summed E-state index contributed by atoms with van der Waals surface area (Å²) in [4.78, 5) is 12.9. The lowest BCUT2D eigenvalue weighted by atomic mass is 10.1. The zero-order valence-electron chi connectivity index (χ0n) is 7.00. The molecule has 1 fully saturated rings. The van der Waals surface area contributed by atoms with Crippen LogP contribution in [0.5, 0.6) is 0 Å². The van der Waals surface area contributed by atoms with Crippen molar-refractivity contribution in [3.63, 3.8) is 0 Å². The second-order valence-corrected chi connectivity index (χ2v) is 3.41. The number of carbonyl (C=O) groups is 1. The number of nitrogens with zero attached hydrogens (tertiary/aromatic N) is 1. The van der Waals surface area contributed by atoms with Gasteiger partial charge in [0, 0.05) is 19.5 Å². The van der Waals surface area contributed by atoms with Crippen molar-refractivity contribution in [2.75, 3.05) is 19.0 Å². The summed E-state index contributed by atoms with van der Waals surface area (Å²) in [5.41, 5.74) is 0. The van der Waals surface area contributed by atoms with Gasteiger partial charge in [0.1, 0.15) is 0 Å². The van der Waals surface area contributed by atoms with Gasteiger partial charge in [0.2, 0.25) is 5.91 Å². The molecule has 0 spiro atoms. The molecule has 4 heteroatoms. The third kappa shape index (κ3) is 2.64. The highest BCUT2D eigenvalue weighted by atomic mass is 35.5. The highest BCUT2D eigenvalue weighted by Crippen LogP contribution is 2.10. The van der Waals surface area contributed by atoms with Crippen LogP contribution in [0, 0.1) is 0 Å². The van der Waals surface area contributed by atoms with E-state index >= 15 is 0 Å². The van der Waals surface area contributed by atoms with Gasteiger partial charge < -0.3 is 10.0 Å². The lowest BCUT2D eigenvalue weighted by Crippen LogP contribution is -2.40. The molecule has 0 bridgehead atoms. The minimum atomic E-state index is -0.575. The lowest BCUT2D eigenvalue weighted by molar-refractivity contribution is -0.134. The maximum atomic E-state index is 11.2. The van der Waals surface area contributed by atoms with Crippen LogP contribution in [0.1, 0.15) is 19.3 Å². The first-order valence-corrected chi connectivity index (χ1v) is 4.79. The van der Waals surface area contributed by atoms with Crippen molar-refractivity contribution in [1.82, 2.24) is 4.90 Å². The number of alkyl halides is 1. The van der Waals surface area contributed by atoms with E-state index in [4.69, 9.17) is 11.6 Å². The van der Waals surface area contributed by atoms with E-state index in [1.54, 1.807) is 4.90 Å². The molecule has 0 aliphatic carbocycles. The smallest absolute Gasteiger partial charge is 0.222 e. The van der Waals surface area contributed by atoms with Gasteiger partial charge in [-0.05, 0) is 12.8 Å². The molecule has 0 aromatic carbocycles. The number of hydrogen-bond acceptors (Lipinski definition) is 2. The summed E-state index contributed by atoms with van der Waals surface area (Å²) < 4.78 is 0. The Morgan fingerprint density at radius 2 is 2.33 bits per heavy atom. The largest absolute Gasteiger partial charge is 0.390 e. The van der Waals surface area contributed by atoms with Gasteiger partial charge in [-0.1, -0.05) is 0 Å². The van der Waals surface area contributed by atoms with E-state index in [1.807, 2.05) is 0 Å². The third-order valence-corrected chi connectivity index (χ3v) is 2.39. The van der Waals surface area contributed by atoms with Gasteiger partial charge in [-0.3, -0.25) is 4.79 Å². The van der Waals surface area contributed by atoms with Crippen molar-refractivity contribution in [3.05, 3.63) is 0 Å². The van der Waals surface area contributed by atoms with Gasteiger partial charge in [-0.25, -0.2) is 0 Å². The molecule has 70 valence electrons. The van der Waals surface area contributed by atoms with Crippen molar-refractivity contribution in [2.45, 2.75) is 25.4 Å². The Labute approximate surface area is 77.3 Å². The van der Waals surface area contributed by atoms with Crippen molar-refractivity contribution in [3.8, 4) is 0 Å². The number of aliphatic hydroxyl groups excluding tert-OH is 1. The molecule has 1 heterocycles. The molecule has 1 aliphatic rings. The van der Waals surface area contributed by atoms with Gasteiger partial charge >= 0.3 is 0 Å². The molecule has 1 atom stereocenters. The summed E-state index contributed by atoms with van der Waals surface area (Å²) >= 11 is 5.43. The Balaban J connectivity index is 2.34. The van der Waals surface area contributed by atoms with Crippen LogP contribution in [-0.4, -0.2) is 41.0 Å². The molecule has 12 heavy (non-hydrogen) atoms. The second kappa shape index (κ2) is 4.67. The maximum Gasteiger partial charge on any atom is 0.222 e. The molecular formula is C8H14ClNO2. The summed E-state index contributed by atoms with van der Waals surface area (Å²) in [7, 11) is 0. The van der Waals surface area contributed by atoms with Crippen molar-refractivity contribution < 1.29 is 9.90 Å². The van der Waals surface area contributed by atoms with Crippen molar-refractivity contribution in [2.24, 2.45) is 0 Å². The molecule has 1 rings (SSSR count). The molecule has 0 radical (unpaired) electrons. The van der Waals surface area contributed by atoms with Gasteiger partial charge in [0.05, 0.1) is 12.0 Å². The molecule has 3 nitrogen and oxygen atoms in total. The predicted molar refractivity (Wildman–Crippen MR) is 47.2 cm³/mol. The Morgan fingerprint density at radius 1 is 1.58 bits per heavy atom. The zero-order chi connectivity index (χ0) is 8.97. The van der Waals surface area contributed by atoms with Gasteiger partial charge in [-0.15, -0.1) is 11.6 Å². The monoisotopic (exact) mass is 191 g/mol. The number of rotatable bonds is 3. The number of β-amino-alcohol motifs (C(OH)–C–C–N with tert-alkyl or cyclic N) is 1. The molecular weight excluding hydrogens is 178 g/mol. The molecule has 0 saturated carbocycles. The number of amides is 1. The molecule has 1 N–H and O–H groups in total. The summed E-state index contributed by atoms with van der Waals surface area (Å²) in [6.45, 7) is 1.16. The van der Waals surface area contributed by atoms with Crippen LogP contribution in [0.25, 0.3) is 0 Å². The standard InChI is InChI=1S/C8H14ClNO2/c9-5-7(11)6-10-4-2-1-3-8(10)12/h7,11H,1-6H2. The van der Waals surface area contributed by atoms with Crippen LogP contribution in [-0.2, 0) is 4.79 Å². The lowest BCUT2D eigenvalue weighted by Gasteiger charge is -2.28. The number of likely N-dealkylation sites (tertiary alicyclic amines) is 1. The molecule has 1 unspecified atom stereocenters. The first-order chi connectivity index (χ1) is 5.74. The highest BCUT2D eigenvalue weighted by molar-refractivity contribution is 6.18. The first-order valence-electron chi connectivity index (χ1n) is 4.26. The summed E-state index contributed by atoms with van der Waals surface area (Å²) in [6, 6.07) is 0. The average molecular weight is 192 g/mol.